The highest BCUT2D eigenvalue weighted by Crippen LogP contribution is 2.25. The Morgan fingerprint density at radius 1 is 1.33 bits per heavy atom. The van der Waals surface area contributed by atoms with E-state index in [1.807, 2.05) is 31.3 Å². The molecule has 2 aliphatic rings. The maximum Gasteiger partial charge on any atom is 0.193 e. The lowest BCUT2D eigenvalue weighted by molar-refractivity contribution is -0.0817. The van der Waals surface area contributed by atoms with Crippen molar-refractivity contribution in [2.45, 2.75) is 44.5 Å². The van der Waals surface area contributed by atoms with Crippen molar-refractivity contribution in [1.29, 1.82) is 0 Å². The Bertz CT molecular complexity index is 622. The summed E-state index contributed by atoms with van der Waals surface area (Å²) in [5.41, 5.74) is 0. The van der Waals surface area contributed by atoms with Gasteiger partial charge in [0.2, 0.25) is 0 Å². The van der Waals surface area contributed by atoms with Crippen molar-refractivity contribution >= 4 is 17.6 Å². The minimum Gasteiger partial charge on any atom is -0.487 e. The molecule has 3 atom stereocenters. The molecule has 0 radical (unpaired) electrons. The number of guanidine groups is 1. The van der Waals surface area contributed by atoms with Crippen LogP contribution in [-0.4, -0.2) is 69.1 Å². The van der Waals surface area contributed by atoms with Crippen LogP contribution in [0.5, 0.6) is 5.75 Å². The minimum atomic E-state index is 0.0108. The number of para-hydroxylation sites is 1. The average Bonchev–Trinajstić information content (AvgIpc) is 3.24. The molecule has 2 saturated heterocycles. The van der Waals surface area contributed by atoms with Crippen LogP contribution in [-0.2, 0) is 9.47 Å². The van der Waals surface area contributed by atoms with Crippen LogP contribution in [0.25, 0.3) is 0 Å². The first-order chi connectivity index (χ1) is 13.2. The summed E-state index contributed by atoms with van der Waals surface area (Å²) >= 11 is 6.21. The number of nitrogens with zero attached hydrogens (tertiary/aromatic N) is 2. The van der Waals surface area contributed by atoms with E-state index in [0.29, 0.717) is 23.9 Å². The van der Waals surface area contributed by atoms with E-state index in [1.165, 1.54) is 0 Å². The summed E-state index contributed by atoms with van der Waals surface area (Å²) in [7, 11) is 1.81. The second-order valence-corrected chi connectivity index (χ2v) is 7.32. The topological polar surface area (TPSA) is 55.3 Å². The lowest BCUT2D eigenvalue weighted by Gasteiger charge is -2.37. The van der Waals surface area contributed by atoms with E-state index in [1.54, 1.807) is 0 Å². The molecule has 0 amide bonds. The predicted molar refractivity (Wildman–Crippen MR) is 108 cm³/mol. The van der Waals surface area contributed by atoms with Crippen LogP contribution in [0.2, 0.25) is 5.02 Å². The third kappa shape index (κ3) is 5.50. The van der Waals surface area contributed by atoms with Gasteiger partial charge in [0.05, 0.1) is 24.3 Å². The summed E-state index contributed by atoms with van der Waals surface area (Å²) in [6.07, 6.45) is 3.40. The molecule has 0 saturated carbocycles. The highest BCUT2D eigenvalue weighted by Gasteiger charge is 2.32. The second-order valence-electron chi connectivity index (χ2n) is 6.91. The Kier molecular flexibility index (Phi) is 7.61. The van der Waals surface area contributed by atoms with E-state index in [-0.39, 0.29) is 18.3 Å². The Morgan fingerprint density at radius 2 is 2.15 bits per heavy atom. The number of aliphatic imine (C=N–C) groups is 1. The first-order valence-electron chi connectivity index (χ1n) is 9.81. The number of hydrogen-bond donors (Lipinski definition) is 1. The summed E-state index contributed by atoms with van der Waals surface area (Å²) in [6.45, 7) is 5.93. The molecule has 3 rings (SSSR count). The monoisotopic (exact) mass is 395 g/mol. The van der Waals surface area contributed by atoms with Gasteiger partial charge in [0, 0.05) is 26.7 Å². The number of hydrogen-bond acceptors (Lipinski definition) is 4. The molecule has 1 aromatic rings. The number of nitrogens with one attached hydrogen (secondary N) is 1. The maximum absolute atomic E-state index is 6.21. The Labute approximate surface area is 166 Å². The second kappa shape index (κ2) is 10.2. The number of benzene rings is 1. The van der Waals surface area contributed by atoms with E-state index in [0.717, 1.165) is 44.9 Å². The van der Waals surface area contributed by atoms with Crippen molar-refractivity contribution in [2.24, 2.45) is 4.99 Å². The number of halogens is 1. The van der Waals surface area contributed by atoms with Gasteiger partial charge in [0.1, 0.15) is 18.0 Å². The molecule has 1 aromatic carbocycles. The van der Waals surface area contributed by atoms with Crippen molar-refractivity contribution < 1.29 is 14.2 Å². The molecule has 2 heterocycles. The Balaban J connectivity index is 1.53. The molecule has 0 aromatic heterocycles. The largest absolute Gasteiger partial charge is 0.487 e. The normalized spacial score (nSPS) is 24.7. The van der Waals surface area contributed by atoms with E-state index < -0.39 is 0 Å². The van der Waals surface area contributed by atoms with Crippen molar-refractivity contribution in [3.8, 4) is 5.75 Å². The lowest BCUT2D eigenvalue weighted by Crippen LogP contribution is -2.54. The van der Waals surface area contributed by atoms with E-state index in [9.17, 15) is 0 Å². The van der Waals surface area contributed by atoms with Gasteiger partial charge in [-0.15, -0.1) is 0 Å². The molecular weight excluding hydrogens is 366 g/mol. The predicted octanol–water partition coefficient (Wildman–Crippen LogP) is 2.95. The summed E-state index contributed by atoms with van der Waals surface area (Å²) < 4.78 is 17.8. The van der Waals surface area contributed by atoms with Gasteiger partial charge in [0.15, 0.2) is 5.96 Å². The summed E-state index contributed by atoms with van der Waals surface area (Å²) in [5, 5.41) is 4.08. The summed E-state index contributed by atoms with van der Waals surface area (Å²) in [4.78, 5) is 6.71. The molecular formula is C20H30ClN3O3. The van der Waals surface area contributed by atoms with E-state index >= 15 is 0 Å². The van der Waals surface area contributed by atoms with Crippen LogP contribution in [0.3, 0.4) is 0 Å². The van der Waals surface area contributed by atoms with Crippen molar-refractivity contribution in [1.82, 2.24) is 10.2 Å². The first kappa shape index (κ1) is 20.2. The SMILES string of the molecule is CCC(CNC(=NC)N1CCOC(C2CCCO2)C1)Oc1ccccc1Cl. The average molecular weight is 396 g/mol. The standard InChI is InChI=1S/C20H30ClN3O3/c1-3-15(27-17-8-5-4-7-16(17)21)13-23-20(22-2)24-10-12-26-19(14-24)18-9-6-11-25-18/h4-5,7-8,15,18-19H,3,6,9-14H2,1-2H3,(H,22,23). The molecule has 1 N–H and O–H groups in total. The highest BCUT2D eigenvalue weighted by molar-refractivity contribution is 6.32. The highest BCUT2D eigenvalue weighted by atomic mass is 35.5. The third-order valence-corrected chi connectivity index (χ3v) is 5.37. The lowest BCUT2D eigenvalue weighted by atomic mass is 10.1. The van der Waals surface area contributed by atoms with Gasteiger partial charge >= 0.3 is 0 Å². The zero-order valence-electron chi connectivity index (χ0n) is 16.2. The van der Waals surface area contributed by atoms with Crippen LogP contribution in [0.15, 0.2) is 29.3 Å². The van der Waals surface area contributed by atoms with Crippen LogP contribution in [0.1, 0.15) is 26.2 Å². The summed E-state index contributed by atoms with van der Waals surface area (Å²) in [6, 6.07) is 7.57. The Hall–Kier alpha value is -1.50. The van der Waals surface area contributed by atoms with Gasteiger partial charge < -0.3 is 24.4 Å². The molecule has 2 fully saturated rings. The van der Waals surface area contributed by atoms with Gasteiger partial charge in [-0.3, -0.25) is 4.99 Å². The molecule has 3 unspecified atom stereocenters. The summed E-state index contributed by atoms with van der Waals surface area (Å²) in [5.74, 6) is 1.59. The molecule has 0 spiro atoms. The minimum absolute atomic E-state index is 0.0108. The van der Waals surface area contributed by atoms with Crippen LogP contribution in [0, 0.1) is 0 Å². The van der Waals surface area contributed by atoms with Crippen LogP contribution in [0.4, 0.5) is 0 Å². The van der Waals surface area contributed by atoms with Gasteiger partial charge in [-0.25, -0.2) is 0 Å². The molecule has 0 bridgehead atoms. The Morgan fingerprint density at radius 3 is 2.85 bits per heavy atom. The number of rotatable bonds is 6. The van der Waals surface area contributed by atoms with E-state index in [4.69, 9.17) is 25.8 Å². The molecule has 150 valence electrons. The van der Waals surface area contributed by atoms with Crippen LogP contribution >= 0.6 is 11.6 Å². The molecule has 2 aliphatic heterocycles. The fraction of sp³-hybridized carbons (Fsp3) is 0.650. The number of morpholine rings is 1. The zero-order valence-corrected chi connectivity index (χ0v) is 17.0. The molecule has 27 heavy (non-hydrogen) atoms. The molecule has 0 aliphatic carbocycles. The number of ether oxygens (including phenoxy) is 3. The van der Waals surface area contributed by atoms with Gasteiger partial charge in [0.25, 0.3) is 0 Å². The van der Waals surface area contributed by atoms with Gasteiger partial charge in [-0.05, 0) is 31.4 Å². The van der Waals surface area contributed by atoms with Crippen LogP contribution < -0.4 is 10.1 Å². The van der Waals surface area contributed by atoms with Gasteiger partial charge in [-0.2, -0.15) is 0 Å². The van der Waals surface area contributed by atoms with Crippen molar-refractivity contribution in [3.05, 3.63) is 29.3 Å². The fourth-order valence-electron chi connectivity index (χ4n) is 3.52. The third-order valence-electron chi connectivity index (χ3n) is 5.06. The van der Waals surface area contributed by atoms with Gasteiger partial charge in [-0.1, -0.05) is 30.7 Å². The first-order valence-corrected chi connectivity index (χ1v) is 10.2. The smallest absolute Gasteiger partial charge is 0.193 e. The maximum atomic E-state index is 6.21. The molecule has 7 heteroatoms. The van der Waals surface area contributed by atoms with E-state index in [2.05, 4.69) is 22.1 Å². The van der Waals surface area contributed by atoms with Crippen molar-refractivity contribution in [3.63, 3.8) is 0 Å². The zero-order chi connectivity index (χ0) is 19.1. The fourth-order valence-corrected chi connectivity index (χ4v) is 3.70. The molecule has 6 nitrogen and oxygen atoms in total. The quantitative estimate of drug-likeness (QED) is 0.592. The van der Waals surface area contributed by atoms with Crippen molar-refractivity contribution in [2.75, 3.05) is 39.9 Å².